The van der Waals surface area contributed by atoms with Gasteiger partial charge in [0.25, 0.3) is 0 Å². The Bertz CT molecular complexity index is 1460. The summed E-state index contributed by atoms with van der Waals surface area (Å²) in [6.45, 7) is 6.11. The second kappa shape index (κ2) is 6.43. The molecule has 0 atom stereocenters. The summed E-state index contributed by atoms with van der Waals surface area (Å²) in [5.41, 5.74) is 7.28. The van der Waals surface area contributed by atoms with Crippen LogP contribution >= 0.6 is 11.6 Å². The van der Waals surface area contributed by atoms with Gasteiger partial charge in [-0.05, 0) is 67.1 Å². The van der Waals surface area contributed by atoms with Crippen molar-refractivity contribution in [2.45, 2.75) is 20.8 Å². The summed E-state index contributed by atoms with van der Waals surface area (Å²) in [6, 6.07) is 17.7. The van der Waals surface area contributed by atoms with Crippen LogP contribution in [-0.2, 0) is 0 Å². The molecule has 0 bridgehead atoms. The molecule has 0 aliphatic heterocycles. The highest BCUT2D eigenvalue weighted by atomic mass is 35.5. The zero-order valence-corrected chi connectivity index (χ0v) is 17.2. The minimum atomic E-state index is 0.0284. The first-order valence-corrected chi connectivity index (χ1v) is 9.93. The van der Waals surface area contributed by atoms with E-state index in [1.54, 1.807) is 0 Å². The number of hydrogen-bond acceptors (Lipinski definition) is 2. The Labute approximate surface area is 173 Å². The van der Waals surface area contributed by atoms with Crippen LogP contribution in [0.25, 0.3) is 27.5 Å². The number of nitrogens with zero attached hydrogens (tertiary/aromatic N) is 2. The molecule has 5 aromatic rings. The molecule has 0 amide bonds. The third-order valence-corrected chi connectivity index (χ3v) is 5.93. The number of carbonyl (C=O) groups excluding carboxylic acids is 1. The van der Waals surface area contributed by atoms with Crippen LogP contribution in [0.5, 0.6) is 0 Å². The maximum absolute atomic E-state index is 13.7. The number of fused-ring (bicyclic) bond motifs is 5. The number of aromatic nitrogens is 2. The van der Waals surface area contributed by atoms with Crippen LogP contribution in [0, 0.1) is 20.8 Å². The molecule has 4 heteroatoms. The molecule has 0 saturated carbocycles. The van der Waals surface area contributed by atoms with Gasteiger partial charge in [0.2, 0.25) is 0 Å². The van der Waals surface area contributed by atoms with Gasteiger partial charge in [0.1, 0.15) is 5.65 Å². The van der Waals surface area contributed by atoms with Crippen LogP contribution < -0.4 is 0 Å². The van der Waals surface area contributed by atoms with Gasteiger partial charge in [-0.2, -0.15) is 0 Å². The van der Waals surface area contributed by atoms with Gasteiger partial charge in [-0.1, -0.05) is 41.9 Å². The van der Waals surface area contributed by atoms with E-state index in [0.29, 0.717) is 10.6 Å². The van der Waals surface area contributed by atoms with Gasteiger partial charge in [-0.3, -0.25) is 9.20 Å². The van der Waals surface area contributed by atoms with E-state index >= 15 is 0 Å². The number of ketones is 1. The van der Waals surface area contributed by atoms with Gasteiger partial charge < -0.3 is 0 Å². The number of benzene rings is 3. The first-order valence-electron chi connectivity index (χ1n) is 9.55. The third kappa shape index (κ3) is 2.73. The summed E-state index contributed by atoms with van der Waals surface area (Å²) < 4.78 is 1.95. The lowest BCUT2D eigenvalue weighted by molar-refractivity contribution is 0.103. The molecule has 0 radical (unpaired) electrons. The van der Waals surface area contributed by atoms with Crippen molar-refractivity contribution in [2.75, 3.05) is 0 Å². The van der Waals surface area contributed by atoms with Crippen molar-refractivity contribution >= 4 is 44.8 Å². The van der Waals surface area contributed by atoms with Gasteiger partial charge in [0, 0.05) is 22.7 Å². The molecule has 0 aliphatic carbocycles. The summed E-state index contributed by atoms with van der Waals surface area (Å²) in [7, 11) is 0. The second-order valence-corrected chi connectivity index (χ2v) is 8.04. The van der Waals surface area contributed by atoms with Crippen molar-refractivity contribution in [1.82, 2.24) is 9.38 Å². The van der Waals surface area contributed by atoms with Crippen LogP contribution in [0.4, 0.5) is 0 Å². The van der Waals surface area contributed by atoms with Crippen molar-refractivity contribution in [3.63, 3.8) is 0 Å². The SMILES string of the molecule is Cc1cc(C)c(C(=O)c2cc3c(nc4ccc(Cl)cn43)c3ccccc23)cc1C. The molecule has 0 N–H and O–H groups in total. The maximum Gasteiger partial charge on any atom is 0.194 e. The van der Waals surface area contributed by atoms with E-state index in [-0.39, 0.29) is 5.78 Å². The molecular weight excluding hydrogens is 380 g/mol. The summed E-state index contributed by atoms with van der Waals surface area (Å²) >= 11 is 6.23. The molecule has 2 aromatic heterocycles. The second-order valence-electron chi connectivity index (χ2n) is 7.61. The molecule has 0 saturated heterocycles. The fourth-order valence-electron chi connectivity index (χ4n) is 4.05. The molecule has 29 heavy (non-hydrogen) atoms. The number of aryl methyl sites for hydroxylation is 3. The molecule has 3 nitrogen and oxygen atoms in total. The first kappa shape index (κ1) is 17.9. The molecule has 142 valence electrons. The molecule has 5 rings (SSSR count). The number of rotatable bonds is 2. The van der Waals surface area contributed by atoms with Gasteiger partial charge >= 0.3 is 0 Å². The lowest BCUT2D eigenvalue weighted by Crippen LogP contribution is -2.06. The van der Waals surface area contributed by atoms with Crippen molar-refractivity contribution < 1.29 is 4.79 Å². The van der Waals surface area contributed by atoms with Crippen LogP contribution in [0.1, 0.15) is 32.6 Å². The highest BCUT2D eigenvalue weighted by Gasteiger charge is 2.19. The Hall–Kier alpha value is -3.17. The van der Waals surface area contributed by atoms with Gasteiger partial charge in [-0.25, -0.2) is 4.98 Å². The van der Waals surface area contributed by atoms with E-state index in [0.717, 1.165) is 44.1 Å². The highest BCUT2D eigenvalue weighted by molar-refractivity contribution is 6.30. The van der Waals surface area contributed by atoms with Crippen LogP contribution in [0.2, 0.25) is 5.02 Å². The largest absolute Gasteiger partial charge is 0.298 e. The van der Waals surface area contributed by atoms with Crippen molar-refractivity contribution in [3.8, 4) is 0 Å². The summed E-state index contributed by atoms with van der Waals surface area (Å²) in [5.74, 6) is 0.0284. The minimum absolute atomic E-state index is 0.0284. The normalized spacial score (nSPS) is 11.6. The van der Waals surface area contributed by atoms with E-state index in [9.17, 15) is 4.79 Å². The van der Waals surface area contributed by atoms with Crippen molar-refractivity contribution in [2.24, 2.45) is 0 Å². The van der Waals surface area contributed by atoms with E-state index in [1.807, 2.05) is 73.0 Å². The fourth-order valence-corrected chi connectivity index (χ4v) is 4.21. The number of halogens is 1. The van der Waals surface area contributed by atoms with Crippen LogP contribution in [-0.4, -0.2) is 15.2 Å². The zero-order chi connectivity index (χ0) is 20.3. The average molecular weight is 399 g/mol. The minimum Gasteiger partial charge on any atom is -0.298 e. The van der Waals surface area contributed by atoms with Gasteiger partial charge in [0.15, 0.2) is 5.78 Å². The fraction of sp³-hybridized carbons (Fsp3) is 0.120. The predicted molar refractivity (Wildman–Crippen MR) is 119 cm³/mol. The maximum atomic E-state index is 13.7. The Balaban J connectivity index is 1.87. The monoisotopic (exact) mass is 398 g/mol. The molecule has 0 aliphatic rings. The Kier molecular flexibility index (Phi) is 3.97. The summed E-state index contributed by atoms with van der Waals surface area (Å²) in [6.07, 6.45) is 1.84. The van der Waals surface area contributed by atoms with E-state index in [2.05, 4.69) is 13.0 Å². The number of hydrogen-bond donors (Lipinski definition) is 0. The lowest BCUT2D eigenvalue weighted by atomic mass is 9.92. The highest BCUT2D eigenvalue weighted by Crippen LogP contribution is 2.32. The van der Waals surface area contributed by atoms with Gasteiger partial charge in [0.05, 0.1) is 16.1 Å². The van der Waals surface area contributed by atoms with Crippen LogP contribution in [0.3, 0.4) is 0 Å². The van der Waals surface area contributed by atoms with E-state index in [4.69, 9.17) is 16.6 Å². The van der Waals surface area contributed by atoms with Crippen molar-refractivity contribution in [3.05, 3.63) is 93.6 Å². The molecule has 0 fully saturated rings. The van der Waals surface area contributed by atoms with E-state index < -0.39 is 0 Å². The van der Waals surface area contributed by atoms with Gasteiger partial charge in [-0.15, -0.1) is 0 Å². The Morgan fingerprint density at radius 2 is 1.59 bits per heavy atom. The topological polar surface area (TPSA) is 34.4 Å². The quantitative estimate of drug-likeness (QED) is 0.320. The molecular formula is C25H19ClN2O. The van der Waals surface area contributed by atoms with E-state index in [1.165, 1.54) is 5.56 Å². The molecule has 0 spiro atoms. The Morgan fingerprint density at radius 3 is 2.38 bits per heavy atom. The standard InChI is InChI=1S/C25H19ClN2O/c1-14-10-16(3)20(11-15(14)2)25(29)21-12-22-24(19-7-5-4-6-18(19)21)27-23-9-8-17(26)13-28(22)23/h4-13H,1-3H3. The predicted octanol–water partition coefficient (Wildman–Crippen LogP) is 6.45. The number of carbonyl (C=O) groups is 1. The first-order chi connectivity index (χ1) is 13.9. The average Bonchev–Trinajstić information content (AvgIpc) is 3.07. The molecule has 0 unspecified atom stereocenters. The smallest absolute Gasteiger partial charge is 0.194 e. The third-order valence-electron chi connectivity index (χ3n) is 5.70. The number of pyridine rings is 1. The molecule has 3 aromatic carbocycles. The Morgan fingerprint density at radius 1 is 0.862 bits per heavy atom. The summed E-state index contributed by atoms with van der Waals surface area (Å²) in [4.78, 5) is 18.5. The lowest BCUT2D eigenvalue weighted by Gasteiger charge is -2.12. The molecule has 2 heterocycles. The number of imidazole rings is 1. The van der Waals surface area contributed by atoms with Crippen molar-refractivity contribution in [1.29, 1.82) is 0 Å². The summed E-state index contributed by atoms with van der Waals surface area (Å²) in [5, 5.41) is 2.51. The zero-order valence-electron chi connectivity index (χ0n) is 16.5. The van der Waals surface area contributed by atoms with Crippen LogP contribution in [0.15, 0.2) is 60.8 Å².